The summed E-state index contributed by atoms with van der Waals surface area (Å²) in [6.07, 6.45) is 0. The molecule has 0 saturated heterocycles. The van der Waals surface area contributed by atoms with E-state index in [0.29, 0.717) is 0 Å². The molecular weight excluding hydrogens is 122 g/mol. The van der Waals surface area contributed by atoms with Gasteiger partial charge in [0.15, 0.2) is 0 Å². The van der Waals surface area contributed by atoms with Gasteiger partial charge >= 0.3 is 0 Å². The molecule has 9 heavy (non-hydrogen) atoms. The number of nitrogens with two attached hydrogens (primary N) is 1. The Bertz CT molecular complexity index is 111. The van der Waals surface area contributed by atoms with E-state index in [1.54, 1.807) is 6.92 Å². The molecule has 0 aliphatic rings. The van der Waals surface area contributed by atoms with Crippen LogP contribution in [0.5, 0.6) is 0 Å². The summed E-state index contributed by atoms with van der Waals surface area (Å²) in [6.45, 7) is 4.84. The number of carbonyl (C=O) groups is 1. The normalized spacial score (nSPS) is 16.8. The summed E-state index contributed by atoms with van der Waals surface area (Å²) in [5, 5.41) is 8.78. The molecule has 0 rings (SSSR count). The van der Waals surface area contributed by atoms with Crippen LogP contribution in [-0.4, -0.2) is 23.4 Å². The lowest BCUT2D eigenvalue weighted by Crippen LogP contribution is -2.43. The van der Waals surface area contributed by atoms with Crippen LogP contribution in [0.1, 0.15) is 6.92 Å². The van der Waals surface area contributed by atoms with E-state index in [0.717, 1.165) is 0 Å². The van der Waals surface area contributed by atoms with Crippen LogP contribution < -0.4 is 5.73 Å². The van der Waals surface area contributed by atoms with Crippen molar-refractivity contribution in [3.8, 4) is 0 Å². The van der Waals surface area contributed by atoms with Crippen molar-refractivity contribution in [2.24, 2.45) is 5.73 Å². The first kappa shape index (κ1) is 8.39. The quantitative estimate of drug-likeness (QED) is 0.485. The van der Waals surface area contributed by atoms with Gasteiger partial charge in [-0.1, -0.05) is 0 Å². The van der Waals surface area contributed by atoms with Gasteiger partial charge in [-0.25, -0.2) is 0 Å². The second-order valence-electron chi connectivity index (χ2n) is 1.58. The van der Waals surface area contributed by atoms with E-state index in [4.69, 9.17) is 5.11 Å². The highest BCUT2D eigenvalue weighted by Gasteiger charge is 2.27. The van der Waals surface area contributed by atoms with E-state index in [9.17, 15) is 4.79 Å². The molecule has 0 aliphatic heterocycles. The van der Waals surface area contributed by atoms with Gasteiger partial charge in [-0.05, 0) is 6.92 Å². The summed E-state index contributed by atoms with van der Waals surface area (Å²) in [5.41, 5.74) is 4.68. The molecule has 3 N–H and O–H groups in total. The third-order valence-electron chi connectivity index (χ3n) is 0.768. The molecule has 0 fully saturated rings. The van der Waals surface area contributed by atoms with Crippen molar-refractivity contribution in [1.82, 2.24) is 0 Å². The van der Waals surface area contributed by atoms with Crippen molar-refractivity contribution in [2.45, 2.75) is 12.7 Å². The SMILES string of the molecule is [CH2]C(O)(OCC)C(N)=O. The van der Waals surface area contributed by atoms with Crippen molar-refractivity contribution < 1.29 is 14.6 Å². The summed E-state index contributed by atoms with van der Waals surface area (Å²) in [5.74, 6) is -3.04. The Kier molecular flexibility index (Phi) is 2.61. The van der Waals surface area contributed by atoms with Crippen molar-refractivity contribution in [3.05, 3.63) is 6.92 Å². The Hall–Kier alpha value is -0.610. The number of primary amides is 1. The molecule has 1 atom stereocenters. The molecule has 4 heteroatoms. The smallest absolute Gasteiger partial charge is 0.277 e. The average molecular weight is 132 g/mol. The summed E-state index contributed by atoms with van der Waals surface area (Å²) < 4.78 is 4.46. The largest absolute Gasteiger partial charge is 0.365 e. The molecule has 0 heterocycles. The summed E-state index contributed by atoms with van der Waals surface area (Å²) >= 11 is 0. The van der Waals surface area contributed by atoms with Gasteiger partial charge in [-0.3, -0.25) is 4.79 Å². The maximum absolute atomic E-state index is 10.2. The highest BCUT2D eigenvalue weighted by Crippen LogP contribution is 2.01. The number of ether oxygens (including phenoxy) is 1. The minimum atomic E-state index is -2.06. The van der Waals surface area contributed by atoms with Crippen molar-refractivity contribution in [2.75, 3.05) is 6.61 Å². The Morgan fingerprint density at radius 1 is 2.00 bits per heavy atom. The van der Waals surface area contributed by atoms with Crippen molar-refractivity contribution in [1.29, 1.82) is 0 Å². The molecule has 1 radical (unpaired) electrons. The van der Waals surface area contributed by atoms with Crippen LogP contribution >= 0.6 is 0 Å². The van der Waals surface area contributed by atoms with Crippen LogP contribution in [0, 0.1) is 6.92 Å². The topological polar surface area (TPSA) is 72.6 Å². The van der Waals surface area contributed by atoms with Gasteiger partial charge in [0, 0.05) is 13.5 Å². The van der Waals surface area contributed by atoms with Gasteiger partial charge in [0.2, 0.25) is 5.79 Å². The Balaban J connectivity index is 3.85. The standard InChI is InChI=1S/C5H10NO3/c1-3-9-5(2,8)4(6)7/h8H,2-3H2,1H3,(H2,6,7). The van der Waals surface area contributed by atoms with E-state index in [2.05, 4.69) is 17.4 Å². The molecule has 0 aromatic rings. The minimum absolute atomic E-state index is 0.197. The molecular formula is C5H10NO3. The lowest BCUT2D eigenvalue weighted by atomic mass is 10.3. The first-order valence-electron chi connectivity index (χ1n) is 2.52. The third kappa shape index (κ3) is 2.43. The molecule has 0 bridgehead atoms. The maximum atomic E-state index is 10.2. The van der Waals surface area contributed by atoms with Crippen LogP contribution in [0.15, 0.2) is 0 Å². The van der Waals surface area contributed by atoms with E-state index in [-0.39, 0.29) is 6.61 Å². The highest BCUT2D eigenvalue weighted by molar-refractivity contribution is 5.82. The predicted molar refractivity (Wildman–Crippen MR) is 31.1 cm³/mol. The summed E-state index contributed by atoms with van der Waals surface area (Å²) in [7, 11) is 0. The van der Waals surface area contributed by atoms with Gasteiger partial charge in [0.25, 0.3) is 5.91 Å². The van der Waals surface area contributed by atoms with Gasteiger partial charge in [0.1, 0.15) is 0 Å². The first-order chi connectivity index (χ1) is 4.00. The van der Waals surface area contributed by atoms with Gasteiger partial charge in [-0.2, -0.15) is 0 Å². The molecule has 0 aromatic heterocycles. The predicted octanol–water partition coefficient (Wildman–Crippen LogP) is -0.969. The van der Waals surface area contributed by atoms with Gasteiger partial charge in [0.05, 0.1) is 0 Å². The number of carbonyl (C=O) groups excluding carboxylic acids is 1. The maximum Gasteiger partial charge on any atom is 0.277 e. The Morgan fingerprint density at radius 3 is 2.56 bits per heavy atom. The van der Waals surface area contributed by atoms with E-state index in [1.165, 1.54) is 0 Å². The molecule has 1 unspecified atom stereocenters. The van der Waals surface area contributed by atoms with Crippen molar-refractivity contribution >= 4 is 5.91 Å². The fourth-order valence-electron chi connectivity index (χ4n) is 0.310. The first-order valence-corrected chi connectivity index (χ1v) is 2.52. The number of hydrogen-bond donors (Lipinski definition) is 2. The van der Waals surface area contributed by atoms with Crippen LogP contribution in [0.4, 0.5) is 0 Å². The molecule has 0 saturated carbocycles. The molecule has 4 nitrogen and oxygen atoms in total. The molecule has 1 amide bonds. The number of amides is 1. The summed E-state index contributed by atoms with van der Waals surface area (Å²) in [4.78, 5) is 10.2. The van der Waals surface area contributed by atoms with Gasteiger partial charge < -0.3 is 15.6 Å². The molecule has 0 aromatic carbocycles. The molecule has 0 spiro atoms. The van der Waals surface area contributed by atoms with Crippen molar-refractivity contribution in [3.63, 3.8) is 0 Å². The molecule has 53 valence electrons. The van der Waals surface area contributed by atoms with Crippen LogP contribution in [0.2, 0.25) is 0 Å². The zero-order valence-electron chi connectivity index (χ0n) is 5.26. The fraction of sp³-hybridized carbons (Fsp3) is 0.600. The lowest BCUT2D eigenvalue weighted by Gasteiger charge is -2.17. The minimum Gasteiger partial charge on any atom is -0.365 e. The Morgan fingerprint density at radius 2 is 2.44 bits per heavy atom. The summed E-state index contributed by atoms with van der Waals surface area (Å²) in [6, 6.07) is 0. The number of rotatable bonds is 3. The monoisotopic (exact) mass is 132 g/mol. The second-order valence-corrected chi connectivity index (χ2v) is 1.58. The van der Waals surface area contributed by atoms with E-state index >= 15 is 0 Å². The second kappa shape index (κ2) is 2.80. The zero-order valence-corrected chi connectivity index (χ0v) is 5.26. The lowest BCUT2D eigenvalue weighted by molar-refractivity contribution is -0.183. The van der Waals surface area contributed by atoms with Gasteiger partial charge in [-0.15, -0.1) is 0 Å². The van der Waals surface area contributed by atoms with Crippen LogP contribution in [0.25, 0.3) is 0 Å². The van der Waals surface area contributed by atoms with Crippen LogP contribution in [0.3, 0.4) is 0 Å². The van der Waals surface area contributed by atoms with Crippen LogP contribution in [-0.2, 0) is 9.53 Å². The van der Waals surface area contributed by atoms with E-state index in [1.807, 2.05) is 0 Å². The third-order valence-corrected chi connectivity index (χ3v) is 0.768. The average Bonchev–Trinajstić information content (AvgIpc) is 1.65. The molecule has 0 aliphatic carbocycles. The zero-order chi connectivity index (χ0) is 7.49. The van der Waals surface area contributed by atoms with E-state index < -0.39 is 11.7 Å². The number of aliphatic hydroxyl groups is 1. The highest BCUT2D eigenvalue weighted by atomic mass is 16.6. The fourth-order valence-corrected chi connectivity index (χ4v) is 0.310. The Labute approximate surface area is 53.6 Å². The number of hydrogen-bond acceptors (Lipinski definition) is 3.